The smallest absolute Gasteiger partial charge is 0.181 e. The average molecular weight is 545 g/mol. The second kappa shape index (κ2) is 9.20. The van der Waals surface area contributed by atoms with Crippen LogP contribution in [-0.4, -0.2) is 38.8 Å². The van der Waals surface area contributed by atoms with E-state index < -0.39 is 26.1 Å². The normalized spacial score (nSPS) is 22.4. The van der Waals surface area contributed by atoms with Crippen molar-refractivity contribution in [1.82, 2.24) is 20.0 Å². The van der Waals surface area contributed by atoms with Crippen LogP contribution in [0.5, 0.6) is 0 Å². The number of nitrogens with zero attached hydrogens (tertiary/aromatic N) is 4. The molecule has 9 heteroatoms. The zero-order chi connectivity index (χ0) is 27.4. The fraction of sp³-hybridized carbons (Fsp3) is 0.300. The number of rotatable bonds is 5. The van der Waals surface area contributed by atoms with Crippen LogP contribution in [-0.2, 0) is 21.9 Å². The van der Waals surface area contributed by atoms with Crippen LogP contribution in [0, 0.1) is 18.2 Å². The summed E-state index contributed by atoms with van der Waals surface area (Å²) in [6.45, 7) is 3.64. The van der Waals surface area contributed by atoms with E-state index in [1.807, 2.05) is 31.2 Å². The van der Waals surface area contributed by atoms with Gasteiger partial charge in [0, 0.05) is 18.0 Å². The molecular formula is C30H29FN4O3S. The van der Waals surface area contributed by atoms with Crippen LogP contribution in [0.3, 0.4) is 0 Å². The average Bonchev–Trinajstić information content (AvgIpc) is 3.34. The van der Waals surface area contributed by atoms with Crippen molar-refractivity contribution in [3.05, 3.63) is 107 Å². The van der Waals surface area contributed by atoms with E-state index in [0.717, 1.165) is 16.8 Å². The highest BCUT2D eigenvalue weighted by Crippen LogP contribution is 2.58. The van der Waals surface area contributed by atoms with E-state index in [0.29, 0.717) is 36.3 Å². The Morgan fingerprint density at radius 1 is 1.08 bits per heavy atom. The molecule has 0 aliphatic heterocycles. The maximum atomic E-state index is 13.9. The monoisotopic (exact) mass is 544 g/mol. The van der Waals surface area contributed by atoms with Gasteiger partial charge in [0.05, 0.1) is 32.9 Å². The summed E-state index contributed by atoms with van der Waals surface area (Å²) in [7, 11) is -3.66. The molecule has 1 fully saturated rings. The molecule has 0 spiro atoms. The Balaban J connectivity index is 1.48. The molecular weight excluding hydrogens is 515 g/mol. The minimum Gasteiger partial charge on any atom is -0.383 e. The Kier molecular flexibility index (Phi) is 6.04. The van der Waals surface area contributed by atoms with Crippen LogP contribution in [0.1, 0.15) is 48.8 Å². The molecule has 1 unspecified atom stereocenters. The zero-order valence-corrected chi connectivity index (χ0v) is 22.6. The van der Waals surface area contributed by atoms with E-state index in [2.05, 4.69) is 15.3 Å². The van der Waals surface area contributed by atoms with Gasteiger partial charge >= 0.3 is 0 Å². The number of fused-ring (bicyclic) bond motifs is 2. The number of aryl methyl sites for hydroxylation is 1. The summed E-state index contributed by atoms with van der Waals surface area (Å²) in [6, 6.07) is 18.3. The quantitative estimate of drug-likeness (QED) is 0.381. The molecule has 200 valence electrons. The number of aromatic nitrogens is 4. The van der Waals surface area contributed by atoms with Gasteiger partial charge in [-0.2, -0.15) is 0 Å². The molecule has 1 N–H and O–H groups in total. The van der Waals surface area contributed by atoms with Crippen LogP contribution >= 0.6 is 0 Å². The third-order valence-electron chi connectivity index (χ3n) is 8.44. The minimum atomic E-state index is -3.66. The lowest BCUT2D eigenvalue weighted by Crippen LogP contribution is -2.53. The molecule has 7 nitrogen and oxygen atoms in total. The topological polar surface area (TPSA) is 98.0 Å². The minimum absolute atomic E-state index is 0.210. The van der Waals surface area contributed by atoms with Crippen molar-refractivity contribution in [3.8, 4) is 5.69 Å². The fourth-order valence-corrected chi connectivity index (χ4v) is 7.99. The van der Waals surface area contributed by atoms with Crippen LogP contribution in [0.25, 0.3) is 11.8 Å². The Morgan fingerprint density at radius 2 is 1.82 bits per heavy atom. The third kappa shape index (κ3) is 4.11. The summed E-state index contributed by atoms with van der Waals surface area (Å²) in [4.78, 5) is 4.77. The second-order valence-corrected chi connectivity index (χ2v) is 13.0. The predicted molar refractivity (Wildman–Crippen MR) is 145 cm³/mol. The summed E-state index contributed by atoms with van der Waals surface area (Å²) in [5.41, 5.74) is 2.00. The summed E-state index contributed by atoms with van der Waals surface area (Å²) in [6.07, 6.45) is 5.02. The van der Waals surface area contributed by atoms with E-state index in [-0.39, 0.29) is 17.1 Å². The molecule has 6 rings (SSSR count). The maximum absolute atomic E-state index is 13.9. The molecule has 0 amide bonds. The number of benzene rings is 2. The van der Waals surface area contributed by atoms with Gasteiger partial charge in [-0.25, -0.2) is 17.5 Å². The predicted octanol–water partition coefficient (Wildman–Crippen LogP) is 4.97. The van der Waals surface area contributed by atoms with Gasteiger partial charge in [0.2, 0.25) is 0 Å². The maximum Gasteiger partial charge on any atom is 0.181 e. The SMILES string of the molecule is Cc1ccc(S(=O)(=O)[C@H]2CCC3=Cc4c(nnn4-c4ccc(F)cc4)C[C@]3(C(C)(O)c3ccccn3)C2)cc1. The number of sulfone groups is 1. The van der Waals surface area contributed by atoms with Gasteiger partial charge in [-0.05, 0) is 87.7 Å². The molecule has 2 aromatic heterocycles. The third-order valence-corrected chi connectivity index (χ3v) is 10.6. The molecule has 2 heterocycles. The van der Waals surface area contributed by atoms with E-state index in [4.69, 9.17) is 0 Å². The molecule has 3 atom stereocenters. The standard InChI is InChI=1S/C30H29FN4O3S/c1-20-6-13-24(14-7-20)39(37,38)25-15-8-21-17-27-26(33-34-35(27)23-11-9-22(31)10-12-23)19-30(21,18-25)29(2,36)28-5-3-4-16-32-28/h3-7,9-14,16-17,25,36H,8,15,18-19H2,1-2H3/t25-,29?,30+/m0/s1. The molecule has 0 bridgehead atoms. The van der Waals surface area contributed by atoms with Crippen molar-refractivity contribution in [2.45, 2.75) is 55.3 Å². The van der Waals surface area contributed by atoms with Crippen molar-refractivity contribution in [2.24, 2.45) is 5.41 Å². The lowest BCUT2D eigenvalue weighted by atomic mass is 9.56. The van der Waals surface area contributed by atoms with Crippen molar-refractivity contribution in [2.75, 3.05) is 0 Å². The number of aliphatic hydroxyl groups is 1. The van der Waals surface area contributed by atoms with Gasteiger partial charge in [0.15, 0.2) is 9.84 Å². The molecule has 2 aliphatic carbocycles. The van der Waals surface area contributed by atoms with Crippen molar-refractivity contribution < 1.29 is 17.9 Å². The summed E-state index contributed by atoms with van der Waals surface area (Å²) >= 11 is 0. The Bertz CT molecular complexity index is 1660. The largest absolute Gasteiger partial charge is 0.383 e. The van der Waals surface area contributed by atoms with Crippen molar-refractivity contribution in [3.63, 3.8) is 0 Å². The van der Waals surface area contributed by atoms with E-state index in [1.165, 1.54) is 12.1 Å². The van der Waals surface area contributed by atoms with Gasteiger partial charge in [-0.15, -0.1) is 5.10 Å². The van der Waals surface area contributed by atoms with Gasteiger partial charge in [-0.1, -0.05) is 34.5 Å². The number of pyridine rings is 1. The number of hydrogen-bond donors (Lipinski definition) is 1. The van der Waals surface area contributed by atoms with E-state index in [1.54, 1.807) is 54.2 Å². The summed E-state index contributed by atoms with van der Waals surface area (Å²) in [5.74, 6) is -0.343. The zero-order valence-electron chi connectivity index (χ0n) is 21.8. The molecule has 4 aromatic rings. The Hall–Kier alpha value is -3.69. The second-order valence-electron chi connectivity index (χ2n) is 10.7. The van der Waals surface area contributed by atoms with Gasteiger partial charge < -0.3 is 5.11 Å². The first kappa shape index (κ1) is 25.6. The van der Waals surface area contributed by atoms with Gasteiger partial charge in [0.1, 0.15) is 11.4 Å². The van der Waals surface area contributed by atoms with Crippen LogP contribution in [0.4, 0.5) is 4.39 Å². The Labute approximate surface area is 227 Å². The molecule has 0 saturated heterocycles. The molecule has 2 aromatic carbocycles. The first-order valence-corrected chi connectivity index (χ1v) is 14.5. The molecule has 2 aliphatic rings. The molecule has 0 radical (unpaired) electrons. The first-order valence-electron chi connectivity index (χ1n) is 13.0. The van der Waals surface area contributed by atoms with Crippen LogP contribution in [0.2, 0.25) is 0 Å². The summed E-state index contributed by atoms with van der Waals surface area (Å²) in [5, 5.41) is 20.4. The Morgan fingerprint density at radius 3 is 2.51 bits per heavy atom. The van der Waals surface area contributed by atoms with Crippen LogP contribution in [0.15, 0.2) is 83.4 Å². The fourth-order valence-electron chi connectivity index (χ4n) is 6.15. The highest BCUT2D eigenvalue weighted by molar-refractivity contribution is 7.92. The van der Waals surface area contributed by atoms with Gasteiger partial charge in [-0.3, -0.25) is 4.98 Å². The first-order chi connectivity index (χ1) is 18.6. The van der Waals surface area contributed by atoms with Crippen molar-refractivity contribution >= 4 is 15.9 Å². The highest BCUT2D eigenvalue weighted by atomic mass is 32.2. The highest BCUT2D eigenvalue weighted by Gasteiger charge is 2.57. The lowest BCUT2D eigenvalue weighted by Gasteiger charge is -2.52. The number of halogens is 1. The van der Waals surface area contributed by atoms with Gasteiger partial charge in [0.25, 0.3) is 0 Å². The van der Waals surface area contributed by atoms with E-state index >= 15 is 0 Å². The number of hydrogen-bond acceptors (Lipinski definition) is 6. The van der Waals surface area contributed by atoms with Crippen molar-refractivity contribution in [1.29, 1.82) is 0 Å². The molecule has 39 heavy (non-hydrogen) atoms. The van der Waals surface area contributed by atoms with E-state index in [9.17, 15) is 17.9 Å². The summed E-state index contributed by atoms with van der Waals surface area (Å²) < 4.78 is 43.0. The molecule has 1 saturated carbocycles. The lowest BCUT2D eigenvalue weighted by molar-refractivity contribution is -0.0722. The van der Waals surface area contributed by atoms with Crippen LogP contribution < -0.4 is 0 Å².